The van der Waals surface area contributed by atoms with Crippen molar-refractivity contribution in [3.63, 3.8) is 0 Å². The summed E-state index contributed by atoms with van der Waals surface area (Å²) < 4.78 is 0.748. The highest BCUT2D eigenvalue weighted by Gasteiger charge is 2.27. The third kappa shape index (κ3) is 6.25. The highest BCUT2D eigenvalue weighted by atomic mass is 79.9. The summed E-state index contributed by atoms with van der Waals surface area (Å²) in [5.74, 6) is -0.441. The van der Waals surface area contributed by atoms with Gasteiger partial charge in [0, 0.05) is 15.1 Å². The van der Waals surface area contributed by atoms with Crippen molar-refractivity contribution < 1.29 is 9.59 Å². The van der Waals surface area contributed by atoms with Crippen molar-refractivity contribution in [2.24, 2.45) is 5.92 Å². The quantitative estimate of drug-likeness (QED) is 0.366. The molecule has 2 atom stereocenters. The van der Waals surface area contributed by atoms with Crippen LogP contribution in [0.4, 0.5) is 15.6 Å². The van der Waals surface area contributed by atoms with Gasteiger partial charge < -0.3 is 10.6 Å². The first-order chi connectivity index (χ1) is 14.9. The third-order valence-corrected chi connectivity index (χ3v) is 6.48. The second kappa shape index (κ2) is 10.7. The van der Waals surface area contributed by atoms with Gasteiger partial charge in [-0.3, -0.25) is 10.1 Å². The van der Waals surface area contributed by atoms with Gasteiger partial charge in [0.2, 0.25) is 11.0 Å². The fourth-order valence-corrected chi connectivity index (χ4v) is 3.99. The number of hydrogen-bond acceptors (Lipinski definition) is 5. The van der Waals surface area contributed by atoms with Gasteiger partial charge in [0.15, 0.2) is 0 Å². The number of nitrogens with zero attached hydrogens (tertiary/aromatic N) is 2. The molecule has 7 nitrogen and oxygen atoms in total. The fourth-order valence-electron chi connectivity index (χ4n) is 2.73. The second-order valence-electron chi connectivity index (χ2n) is 6.85. The second-order valence-corrected chi connectivity index (χ2v) is 9.12. The lowest BCUT2D eigenvalue weighted by Crippen LogP contribution is -2.49. The Labute approximate surface area is 197 Å². The Morgan fingerprint density at radius 3 is 2.48 bits per heavy atom. The van der Waals surface area contributed by atoms with Crippen LogP contribution in [0.15, 0.2) is 53.0 Å². The highest BCUT2D eigenvalue weighted by Crippen LogP contribution is 2.27. The smallest absolute Gasteiger partial charge is 0.319 e. The number of aromatic nitrogens is 2. The number of benzene rings is 2. The van der Waals surface area contributed by atoms with E-state index in [1.165, 1.54) is 11.3 Å². The molecule has 0 bridgehead atoms. The number of halogens is 2. The van der Waals surface area contributed by atoms with Gasteiger partial charge in [0.05, 0.1) is 5.69 Å². The van der Waals surface area contributed by atoms with Gasteiger partial charge in [0.25, 0.3) is 0 Å². The molecule has 2 aromatic carbocycles. The van der Waals surface area contributed by atoms with Gasteiger partial charge in [-0.2, -0.15) is 0 Å². The topological polar surface area (TPSA) is 96.0 Å². The van der Waals surface area contributed by atoms with Crippen molar-refractivity contribution in [3.05, 3.63) is 58.0 Å². The monoisotopic (exact) mass is 521 g/mol. The average molecular weight is 523 g/mol. The van der Waals surface area contributed by atoms with E-state index in [0.29, 0.717) is 27.3 Å². The molecule has 0 unspecified atom stereocenters. The molecule has 3 aromatic rings. The van der Waals surface area contributed by atoms with Crippen LogP contribution >= 0.6 is 38.9 Å². The highest BCUT2D eigenvalue weighted by molar-refractivity contribution is 9.10. The Bertz CT molecular complexity index is 1060. The van der Waals surface area contributed by atoms with Gasteiger partial charge in [-0.15, -0.1) is 10.2 Å². The zero-order valence-corrected chi connectivity index (χ0v) is 20.0. The lowest BCUT2D eigenvalue weighted by molar-refractivity contribution is -0.119. The van der Waals surface area contributed by atoms with Crippen LogP contribution in [-0.4, -0.2) is 28.2 Å². The fraction of sp³-hybridized carbons (Fsp3) is 0.238. The molecule has 0 radical (unpaired) electrons. The molecule has 0 aliphatic rings. The summed E-state index contributed by atoms with van der Waals surface area (Å²) in [5, 5.41) is 18.1. The Kier molecular flexibility index (Phi) is 8.00. The summed E-state index contributed by atoms with van der Waals surface area (Å²) in [4.78, 5) is 25.4. The van der Waals surface area contributed by atoms with Gasteiger partial charge in [0.1, 0.15) is 11.0 Å². The molecule has 0 aliphatic heterocycles. The number of carbonyl (C=O) groups is 2. The summed E-state index contributed by atoms with van der Waals surface area (Å²) in [6.45, 7) is 3.87. The number of para-hydroxylation sites is 1. The molecule has 0 saturated heterocycles. The molecular formula is C21H21BrClN5O2S. The number of rotatable bonds is 7. The van der Waals surface area contributed by atoms with Gasteiger partial charge >= 0.3 is 6.03 Å². The Morgan fingerprint density at radius 1 is 1.10 bits per heavy atom. The molecule has 162 valence electrons. The predicted molar refractivity (Wildman–Crippen MR) is 129 cm³/mol. The minimum atomic E-state index is -0.740. The van der Waals surface area contributed by atoms with Crippen molar-refractivity contribution in [3.8, 4) is 10.6 Å². The van der Waals surface area contributed by atoms with Crippen molar-refractivity contribution in [2.75, 3.05) is 10.6 Å². The number of hydrogen-bond donors (Lipinski definition) is 3. The van der Waals surface area contributed by atoms with E-state index in [1.807, 2.05) is 44.2 Å². The van der Waals surface area contributed by atoms with Gasteiger partial charge in [-0.1, -0.05) is 67.5 Å². The largest absolute Gasteiger partial charge is 0.326 e. The lowest BCUT2D eigenvalue weighted by Gasteiger charge is -2.23. The van der Waals surface area contributed by atoms with Crippen molar-refractivity contribution in [1.82, 2.24) is 15.5 Å². The van der Waals surface area contributed by atoms with E-state index in [4.69, 9.17) is 11.6 Å². The summed E-state index contributed by atoms with van der Waals surface area (Å²) in [5.41, 5.74) is 1.46. The van der Waals surface area contributed by atoms with E-state index in [2.05, 4.69) is 42.1 Å². The molecule has 31 heavy (non-hydrogen) atoms. The van der Waals surface area contributed by atoms with Crippen molar-refractivity contribution >= 4 is 61.6 Å². The summed E-state index contributed by atoms with van der Waals surface area (Å²) >= 11 is 10.6. The van der Waals surface area contributed by atoms with E-state index < -0.39 is 12.1 Å². The summed E-state index contributed by atoms with van der Waals surface area (Å²) in [6.07, 6.45) is 0.708. The van der Waals surface area contributed by atoms with Crippen LogP contribution in [0.1, 0.15) is 20.3 Å². The van der Waals surface area contributed by atoms with E-state index in [-0.39, 0.29) is 11.8 Å². The predicted octanol–water partition coefficient (Wildman–Crippen LogP) is 5.80. The number of anilines is 2. The Balaban J connectivity index is 1.68. The molecule has 3 N–H and O–H groups in total. The molecular weight excluding hydrogens is 502 g/mol. The van der Waals surface area contributed by atoms with E-state index in [0.717, 1.165) is 10.0 Å². The first-order valence-electron chi connectivity index (χ1n) is 9.59. The molecule has 3 amide bonds. The third-order valence-electron chi connectivity index (χ3n) is 4.65. The van der Waals surface area contributed by atoms with Crippen LogP contribution in [0.2, 0.25) is 5.02 Å². The number of carbonyl (C=O) groups excluding carboxylic acids is 2. The molecule has 3 rings (SSSR count). The normalized spacial score (nSPS) is 12.6. The maximum Gasteiger partial charge on any atom is 0.319 e. The van der Waals surface area contributed by atoms with Gasteiger partial charge in [-0.25, -0.2) is 4.79 Å². The van der Waals surface area contributed by atoms with Crippen molar-refractivity contribution in [1.29, 1.82) is 0 Å². The number of urea groups is 1. The molecule has 1 aromatic heterocycles. The first kappa shape index (κ1) is 23.2. The zero-order valence-electron chi connectivity index (χ0n) is 16.9. The van der Waals surface area contributed by atoms with Crippen LogP contribution in [-0.2, 0) is 4.79 Å². The van der Waals surface area contributed by atoms with Crippen LogP contribution in [0.25, 0.3) is 10.6 Å². The molecule has 0 saturated carbocycles. The van der Waals surface area contributed by atoms with Crippen LogP contribution < -0.4 is 16.0 Å². The van der Waals surface area contributed by atoms with E-state index in [9.17, 15) is 9.59 Å². The van der Waals surface area contributed by atoms with Crippen LogP contribution in [0.5, 0.6) is 0 Å². The van der Waals surface area contributed by atoms with Gasteiger partial charge in [-0.05, 0) is 46.1 Å². The minimum Gasteiger partial charge on any atom is -0.326 e. The maximum atomic E-state index is 12.9. The molecule has 0 aliphatic carbocycles. The van der Waals surface area contributed by atoms with Crippen LogP contribution in [0.3, 0.4) is 0 Å². The molecule has 0 spiro atoms. The van der Waals surface area contributed by atoms with Crippen molar-refractivity contribution in [2.45, 2.75) is 26.3 Å². The Hall–Kier alpha value is -2.49. The molecule has 0 fully saturated rings. The zero-order chi connectivity index (χ0) is 22.4. The number of nitrogens with one attached hydrogen (secondary N) is 3. The Morgan fingerprint density at radius 2 is 1.81 bits per heavy atom. The summed E-state index contributed by atoms with van der Waals surface area (Å²) in [7, 11) is 0. The van der Waals surface area contributed by atoms with Crippen LogP contribution in [0, 0.1) is 5.92 Å². The first-order valence-corrected chi connectivity index (χ1v) is 11.6. The number of amides is 3. The lowest BCUT2D eigenvalue weighted by atomic mass is 9.98. The maximum absolute atomic E-state index is 12.9. The van der Waals surface area contributed by atoms with E-state index >= 15 is 0 Å². The SMILES string of the molecule is CC[C@H](C)[C@H](NC(=O)Nc1ccccc1Br)C(=O)Nc1nnc(-c2ccc(Cl)cc2)s1. The average Bonchev–Trinajstić information content (AvgIpc) is 3.22. The molecule has 10 heteroatoms. The molecule has 1 heterocycles. The minimum absolute atomic E-state index is 0.0892. The standard InChI is InChI=1S/C21H21BrClN5O2S/c1-3-12(2)17(25-20(30)24-16-7-5-4-6-15(16)22)18(29)26-21-28-27-19(31-21)13-8-10-14(23)11-9-13/h4-12,17H,3H2,1-2H3,(H2,24,25,30)(H,26,28,29)/t12-,17-/m0/s1. The summed E-state index contributed by atoms with van der Waals surface area (Å²) in [6, 6.07) is 13.3. The van der Waals surface area contributed by atoms with E-state index in [1.54, 1.807) is 18.2 Å².